The van der Waals surface area contributed by atoms with Gasteiger partial charge in [-0.05, 0) is 24.5 Å². The van der Waals surface area contributed by atoms with Gasteiger partial charge in [0.15, 0.2) is 0 Å². The van der Waals surface area contributed by atoms with Crippen molar-refractivity contribution in [1.29, 1.82) is 0 Å². The van der Waals surface area contributed by atoms with Crippen LogP contribution in [0.15, 0.2) is 12.1 Å². The predicted octanol–water partition coefficient (Wildman–Crippen LogP) is 2.87. The molecule has 0 fully saturated rings. The molecule has 1 aromatic rings. The highest BCUT2D eigenvalue weighted by molar-refractivity contribution is 7.11. The third-order valence-corrected chi connectivity index (χ3v) is 3.50. The quantitative estimate of drug-likeness (QED) is 0.788. The molecule has 2 heteroatoms. The fourth-order valence-electron chi connectivity index (χ4n) is 1.16. The van der Waals surface area contributed by atoms with Gasteiger partial charge in [-0.3, -0.25) is 0 Å². The van der Waals surface area contributed by atoms with Crippen LogP contribution in [0.2, 0.25) is 0 Å². The topological polar surface area (TPSA) is 20.2 Å². The second-order valence-electron chi connectivity index (χ2n) is 3.74. The lowest BCUT2D eigenvalue weighted by molar-refractivity contribution is 0.126. The van der Waals surface area contributed by atoms with E-state index in [-0.39, 0.29) is 6.10 Å². The Labute approximate surface area is 84.4 Å². The van der Waals surface area contributed by atoms with Crippen LogP contribution in [0.1, 0.15) is 30.5 Å². The smallest absolute Gasteiger partial charge is 0.0611 e. The van der Waals surface area contributed by atoms with Crippen molar-refractivity contribution < 1.29 is 5.11 Å². The van der Waals surface area contributed by atoms with E-state index in [0.29, 0.717) is 5.92 Å². The lowest BCUT2D eigenvalue weighted by Gasteiger charge is -2.12. The molecule has 1 heterocycles. The zero-order valence-corrected chi connectivity index (χ0v) is 9.40. The van der Waals surface area contributed by atoms with Gasteiger partial charge in [-0.1, -0.05) is 20.8 Å². The van der Waals surface area contributed by atoms with Crippen LogP contribution in [0.25, 0.3) is 0 Å². The van der Waals surface area contributed by atoms with Gasteiger partial charge in [0.25, 0.3) is 0 Å². The van der Waals surface area contributed by atoms with Crippen molar-refractivity contribution in [2.24, 2.45) is 5.92 Å². The molecule has 0 saturated carbocycles. The minimum absolute atomic E-state index is 0.191. The summed E-state index contributed by atoms with van der Waals surface area (Å²) in [5, 5.41) is 9.67. The van der Waals surface area contributed by atoms with E-state index in [1.807, 2.05) is 11.3 Å². The molecule has 0 aromatic carbocycles. The van der Waals surface area contributed by atoms with Crippen molar-refractivity contribution >= 4 is 11.3 Å². The summed E-state index contributed by atoms with van der Waals surface area (Å²) in [5.41, 5.74) is 0. The number of aliphatic hydroxyl groups is 1. The molecule has 1 nitrogen and oxygen atoms in total. The molecule has 0 aliphatic rings. The van der Waals surface area contributed by atoms with Crippen molar-refractivity contribution in [2.45, 2.75) is 39.7 Å². The molecule has 0 amide bonds. The van der Waals surface area contributed by atoms with E-state index < -0.39 is 0 Å². The van der Waals surface area contributed by atoms with Gasteiger partial charge in [0.2, 0.25) is 0 Å². The summed E-state index contributed by atoms with van der Waals surface area (Å²) in [4.78, 5) is 2.71. The normalized spacial score (nSPS) is 13.6. The Hall–Kier alpha value is -0.340. The Morgan fingerprint density at radius 2 is 1.92 bits per heavy atom. The SMILES string of the molecule is CCc1ccc(CC(O)C(C)C)s1. The maximum Gasteiger partial charge on any atom is 0.0611 e. The van der Waals surface area contributed by atoms with E-state index >= 15 is 0 Å². The Balaban J connectivity index is 2.53. The fourth-order valence-corrected chi connectivity index (χ4v) is 2.17. The van der Waals surface area contributed by atoms with Gasteiger partial charge in [0.1, 0.15) is 0 Å². The monoisotopic (exact) mass is 198 g/mol. The summed E-state index contributed by atoms with van der Waals surface area (Å²) in [7, 11) is 0. The van der Waals surface area contributed by atoms with Gasteiger partial charge in [-0.25, -0.2) is 0 Å². The summed E-state index contributed by atoms with van der Waals surface area (Å²) in [6.07, 6.45) is 1.72. The molecule has 0 spiro atoms. The summed E-state index contributed by atoms with van der Waals surface area (Å²) in [6.45, 7) is 6.27. The maximum absolute atomic E-state index is 9.67. The van der Waals surface area contributed by atoms with E-state index in [1.54, 1.807) is 0 Å². The molecule has 1 atom stereocenters. The average Bonchev–Trinajstić information content (AvgIpc) is 2.52. The largest absolute Gasteiger partial charge is 0.392 e. The second kappa shape index (κ2) is 4.77. The van der Waals surface area contributed by atoms with Crippen molar-refractivity contribution in [3.05, 3.63) is 21.9 Å². The summed E-state index contributed by atoms with van der Waals surface area (Å²) in [6, 6.07) is 4.29. The molecule has 0 aliphatic heterocycles. The number of rotatable bonds is 4. The maximum atomic E-state index is 9.67. The van der Waals surface area contributed by atoms with Crippen LogP contribution in [0, 0.1) is 5.92 Å². The third kappa shape index (κ3) is 3.12. The van der Waals surface area contributed by atoms with Crippen LogP contribution in [0.4, 0.5) is 0 Å². The first kappa shape index (κ1) is 10.7. The lowest BCUT2D eigenvalue weighted by atomic mass is 10.0. The molecular weight excluding hydrogens is 180 g/mol. The Bertz CT molecular complexity index is 252. The zero-order valence-electron chi connectivity index (χ0n) is 8.58. The number of aryl methyl sites for hydroxylation is 1. The van der Waals surface area contributed by atoms with Gasteiger partial charge in [-0.2, -0.15) is 0 Å². The summed E-state index contributed by atoms with van der Waals surface area (Å²) >= 11 is 1.82. The van der Waals surface area contributed by atoms with Gasteiger partial charge in [0, 0.05) is 16.2 Å². The number of thiophene rings is 1. The molecule has 13 heavy (non-hydrogen) atoms. The fraction of sp³-hybridized carbons (Fsp3) is 0.636. The molecule has 0 aliphatic carbocycles. The zero-order chi connectivity index (χ0) is 9.84. The van der Waals surface area contributed by atoms with E-state index in [4.69, 9.17) is 0 Å². The lowest BCUT2D eigenvalue weighted by Crippen LogP contribution is -2.16. The minimum Gasteiger partial charge on any atom is -0.392 e. The molecule has 1 rings (SSSR count). The Kier molecular flexibility index (Phi) is 3.94. The molecule has 1 aromatic heterocycles. The first-order chi connectivity index (χ1) is 6.13. The van der Waals surface area contributed by atoms with E-state index in [2.05, 4.69) is 32.9 Å². The van der Waals surface area contributed by atoms with E-state index in [9.17, 15) is 5.11 Å². The summed E-state index contributed by atoms with van der Waals surface area (Å²) in [5.74, 6) is 0.354. The first-order valence-corrected chi connectivity index (χ1v) is 5.70. The number of hydrogen-bond donors (Lipinski definition) is 1. The molecule has 0 bridgehead atoms. The molecule has 0 radical (unpaired) electrons. The highest BCUT2D eigenvalue weighted by atomic mass is 32.1. The number of hydrogen-bond acceptors (Lipinski definition) is 2. The Morgan fingerprint density at radius 1 is 1.31 bits per heavy atom. The van der Waals surface area contributed by atoms with Gasteiger partial charge in [0.05, 0.1) is 6.10 Å². The van der Waals surface area contributed by atoms with Crippen LogP contribution < -0.4 is 0 Å². The van der Waals surface area contributed by atoms with Crippen LogP contribution in [0.3, 0.4) is 0 Å². The second-order valence-corrected chi connectivity index (χ2v) is 4.99. The van der Waals surface area contributed by atoms with E-state index in [0.717, 1.165) is 12.8 Å². The van der Waals surface area contributed by atoms with Crippen molar-refractivity contribution in [1.82, 2.24) is 0 Å². The predicted molar refractivity (Wildman–Crippen MR) is 58.2 cm³/mol. The molecule has 1 N–H and O–H groups in total. The van der Waals surface area contributed by atoms with Crippen molar-refractivity contribution in [3.8, 4) is 0 Å². The molecule has 1 unspecified atom stereocenters. The molecular formula is C11H18OS. The van der Waals surface area contributed by atoms with Crippen LogP contribution in [-0.2, 0) is 12.8 Å². The van der Waals surface area contributed by atoms with Crippen molar-refractivity contribution in [3.63, 3.8) is 0 Å². The first-order valence-electron chi connectivity index (χ1n) is 4.89. The molecule has 74 valence electrons. The molecule has 0 saturated heterocycles. The minimum atomic E-state index is -0.191. The number of aliphatic hydroxyl groups excluding tert-OH is 1. The van der Waals surface area contributed by atoms with Crippen LogP contribution in [0.5, 0.6) is 0 Å². The standard InChI is InChI=1S/C11H18OS/c1-4-9-5-6-10(13-9)7-11(12)8(2)3/h5-6,8,11-12H,4,7H2,1-3H3. The highest BCUT2D eigenvalue weighted by Crippen LogP contribution is 2.20. The van der Waals surface area contributed by atoms with Gasteiger partial charge in [-0.15, -0.1) is 11.3 Å². The van der Waals surface area contributed by atoms with Gasteiger partial charge >= 0.3 is 0 Å². The van der Waals surface area contributed by atoms with Crippen LogP contribution in [-0.4, -0.2) is 11.2 Å². The highest BCUT2D eigenvalue weighted by Gasteiger charge is 2.10. The Morgan fingerprint density at radius 3 is 2.38 bits per heavy atom. The van der Waals surface area contributed by atoms with Crippen LogP contribution >= 0.6 is 11.3 Å². The average molecular weight is 198 g/mol. The van der Waals surface area contributed by atoms with E-state index in [1.165, 1.54) is 9.75 Å². The summed E-state index contributed by atoms with van der Waals surface area (Å²) < 4.78 is 0. The van der Waals surface area contributed by atoms with Gasteiger partial charge < -0.3 is 5.11 Å². The third-order valence-electron chi connectivity index (χ3n) is 2.25. The van der Waals surface area contributed by atoms with Crippen molar-refractivity contribution in [2.75, 3.05) is 0 Å².